The summed E-state index contributed by atoms with van der Waals surface area (Å²) in [6, 6.07) is 0. The molecule has 2 heterocycles. The van der Waals surface area contributed by atoms with E-state index in [1.54, 1.807) is 6.08 Å². The van der Waals surface area contributed by atoms with Gasteiger partial charge >= 0.3 is 0 Å². The second kappa shape index (κ2) is 5.82. The second-order valence-corrected chi connectivity index (χ2v) is 4.97. The van der Waals surface area contributed by atoms with Crippen molar-refractivity contribution in [3.05, 3.63) is 15.3 Å². The molecule has 0 aromatic carbocycles. The highest BCUT2D eigenvalue weighted by molar-refractivity contribution is 7.15. The third-order valence-corrected chi connectivity index (χ3v) is 3.59. The Hall–Kier alpha value is -1.62. The Bertz CT molecular complexity index is 487. The van der Waals surface area contributed by atoms with Gasteiger partial charge in [-0.05, 0) is 18.1 Å². The number of rotatable bonds is 5. The Morgan fingerprint density at radius 3 is 2.44 bits per heavy atom. The lowest BCUT2D eigenvalue weighted by molar-refractivity contribution is -0.105. The molecule has 0 unspecified atom stereocenters. The molecule has 1 aromatic rings. The maximum absolute atomic E-state index is 11.0. The van der Waals surface area contributed by atoms with E-state index in [9.17, 15) is 9.59 Å². The Morgan fingerprint density at radius 1 is 1.22 bits per heavy atom. The van der Waals surface area contributed by atoms with Crippen LogP contribution in [0, 0.1) is 0 Å². The summed E-state index contributed by atoms with van der Waals surface area (Å²) in [6.45, 7) is 2.92. The number of carbonyl (C=O) groups is 2. The fraction of sp³-hybridized carbons (Fsp3) is 0.385. The third kappa shape index (κ3) is 2.46. The van der Waals surface area contributed by atoms with Gasteiger partial charge < -0.3 is 9.47 Å². The molecule has 0 N–H and O–H groups in total. The maximum atomic E-state index is 11.0. The van der Waals surface area contributed by atoms with Crippen LogP contribution < -0.4 is 9.47 Å². The monoisotopic (exact) mass is 266 g/mol. The average molecular weight is 266 g/mol. The minimum atomic E-state index is 0.448. The van der Waals surface area contributed by atoms with E-state index in [2.05, 4.69) is 0 Å². The standard InChI is InChI=1S/C13H14O4S/c1-2-3-9(7-14)6-10-12-13(11(8-15)18-10)17-5-4-16-12/h6-8H,2-5H2,1H3. The fourth-order valence-electron chi connectivity index (χ4n) is 1.79. The van der Waals surface area contributed by atoms with Crippen molar-refractivity contribution in [2.24, 2.45) is 0 Å². The summed E-state index contributed by atoms with van der Waals surface area (Å²) < 4.78 is 11.0. The highest BCUT2D eigenvalue weighted by Gasteiger charge is 2.23. The second-order valence-electron chi connectivity index (χ2n) is 3.89. The Morgan fingerprint density at radius 2 is 1.89 bits per heavy atom. The van der Waals surface area contributed by atoms with E-state index in [1.165, 1.54) is 11.3 Å². The minimum absolute atomic E-state index is 0.448. The van der Waals surface area contributed by atoms with Crippen LogP contribution in [0.2, 0.25) is 0 Å². The smallest absolute Gasteiger partial charge is 0.183 e. The molecule has 1 aliphatic rings. The van der Waals surface area contributed by atoms with E-state index in [-0.39, 0.29) is 0 Å². The number of hydrogen-bond donors (Lipinski definition) is 0. The predicted octanol–water partition coefficient (Wildman–Crippen LogP) is 2.71. The van der Waals surface area contributed by atoms with Gasteiger partial charge in [0.15, 0.2) is 17.8 Å². The van der Waals surface area contributed by atoms with Crippen LogP contribution in [0.3, 0.4) is 0 Å². The highest BCUT2D eigenvalue weighted by Crippen LogP contribution is 2.44. The molecule has 0 spiro atoms. The average Bonchev–Trinajstić information content (AvgIpc) is 2.76. The zero-order valence-electron chi connectivity index (χ0n) is 10.1. The molecule has 0 bridgehead atoms. The van der Waals surface area contributed by atoms with Crippen molar-refractivity contribution in [1.29, 1.82) is 0 Å². The van der Waals surface area contributed by atoms with Crippen molar-refractivity contribution in [2.75, 3.05) is 13.2 Å². The first-order valence-electron chi connectivity index (χ1n) is 5.83. The molecule has 96 valence electrons. The molecule has 2 rings (SSSR count). The maximum Gasteiger partial charge on any atom is 0.183 e. The van der Waals surface area contributed by atoms with Gasteiger partial charge in [0, 0.05) is 0 Å². The molecule has 0 amide bonds. The Balaban J connectivity index is 2.41. The van der Waals surface area contributed by atoms with Crippen LogP contribution in [0.25, 0.3) is 6.08 Å². The molecule has 4 nitrogen and oxygen atoms in total. The number of ether oxygens (including phenoxy) is 2. The summed E-state index contributed by atoms with van der Waals surface area (Å²) in [5.74, 6) is 1.10. The molecule has 1 aliphatic heterocycles. The van der Waals surface area contributed by atoms with Crippen molar-refractivity contribution in [3.8, 4) is 11.5 Å². The van der Waals surface area contributed by atoms with E-state index in [0.29, 0.717) is 41.6 Å². The van der Waals surface area contributed by atoms with Gasteiger partial charge in [0.05, 0.1) is 4.88 Å². The van der Waals surface area contributed by atoms with Gasteiger partial charge in [0.25, 0.3) is 0 Å². The number of aldehydes is 2. The predicted molar refractivity (Wildman–Crippen MR) is 69.6 cm³/mol. The van der Waals surface area contributed by atoms with E-state index in [1.807, 2.05) is 6.92 Å². The van der Waals surface area contributed by atoms with E-state index in [0.717, 1.165) is 23.9 Å². The first-order chi connectivity index (χ1) is 8.80. The molecule has 5 heteroatoms. The highest BCUT2D eigenvalue weighted by atomic mass is 32.1. The zero-order valence-corrected chi connectivity index (χ0v) is 10.9. The summed E-state index contributed by atoms with van der Waals surface area (Å²) in [4.78, 5) is 23.2. The summed E-state index contributed by atoms with van der Waals surface area (Å²) in [6.07, 6.45) is 5.00. The molecular weight excluding hydrogens is 252 g/mol. The van der Waals surface area contributed by atoms with Gasteiger partial charge in [-0.1, -0.05) is 13.3 Å². The van der Waals surface area contributed by atoms with Crippen LogP contribution in [0.4, 0.5) is 0 Å². The molecule has 0 saturated carbocycles. The molecule has 0 aliphatic carbocycles. The summed E-state index contributed by atoms with van der Waals surface area (Å²) in [5, 5.41) is 0. The van der Waals surface area contributed by atoms with Crippen molar-refractivity contribution in [1.82, 2.24) is 0 Å². The lowest BCUT2D eigenvalue weighted by Crippen LogP contribution is -2.15. The normalized spacial score (nSPS) is 14.4. The molecular formula is C13H14O4S. The molecule has 0 fully saturated rings. The SMILES string of the molecule is CCCC(C=O)=Cc1sc(C=O)c2c1OCCO2. The van der Waals surface area contributed by atoms with Crippen LogP contribution >= 0.6 is 11.3 Å². The summed E-state index contributed by atoms with van der Waals surface area (Å²) >= 11 is 1.29. The molecule has 0 saturated heterocycles. The lowest BCUT2D eigenvalue weighted by atomic mass is 10.1. The number of carbonyl (C=O) groups excluding carboxylic acids is 2. The van der Waals surface area contributed by atoms with Gasteiger partial charge in [-0.15, -0.1) is 11.3 Å². The van der Waals surface area contributed by atoms with E-state index in [4.69, 9.17) is 9.47 Å². The van der Waals surface area contributed by atoms with E-state index >= 15 is 0 Å². The van der Waals surface area contributed by atoms with Gasteiger partial charge in [0.2, 0.25) is 0 Å². The number of fused-ring (bicyclic) bond motifs is 1. The van der Waals surface area contributed by atoms with Crippen molar-refractivity contribution in [2.45, 2.75) is 19.8 Å². The van der Waals surface area contributed by atoms with Crippen molar-refractivity contribution < 1.29 is 19.1 Å². The van der Waals surface area contributed by atoms with Crippen molar-refractivity contribution >= 4 is 30.0 Å². The van der Waals surface area contributed by atoms with Gasteiger partial charge in [-0.2, -0.15) is 0 Å². The molecule has 1 aromatic heterocycles. The Labute approximate surface area is 109 Å². The van der Waals surface area contributed by atoms with E-state index < -0.39 is 0 Å². The van der Waals surface area contributed by atoms with Crippen LogP contribution in [0.5, 0.6) is 11.5 Å². The number of hydrogen-bond acceptors (Lipinski definition) is 5. The molecule has 18 heavy (non-hydrogen) atoms. The first-order valence-corrected chi connectivity index (χ1v) is 6.65. The fourth-order valence-corrected chi connectivity index (χ4v) is 2.77. The summed E-state index contributed by atoms with van der Waals surface area (Å²) in [5.41, 5.74) is 0.702. The van der Waals surface area contributed by atoms with Gasteiger partial charge in [0.1, 0.15) is 24.4 Å². The van der Waals surface area contributed by atoms with Crippen molar-refractivity contribution in [3.63, 3.8) is 0 Å². The summed E-state index contributed by atoms with van der Waals surface area (Å²) in [7, 11) is 0. The zero-order chi connectivity index (χ0) is 13.0. The first kappa shape index (κ1) is 12.8. The van der Waals surface area contributed by atoms with Crippen LogP contribution in [0.15, 0.2) is 5.57 Å². The van der Waals surface area contributed by atoms with Gasteiger partial charge in [-0.3, -0.25) is 9.59 Å². The van der Waals surface area contributed by atoms with Crippen LogP contribution in [0.1, 0.15) is 34.3 Å². The van der Waals surface area contributed by atoms with Gasteiger partial charge in [-0.25, -0.2) is 0 Å². The number of allylic oxidation sites excluding steroid dienone is 1. The van der Waals surface area contributed by atoms with Crippen LogP contribution in [-0.4, -0.2) is 25.8 Å². The largest absolute Gasteiger partial charge is 0.485 e. The topological polar surface area (TPSA) is 52.6 Å². The lowest BCUT2D eigenvalue weighted by Gasteiger charge is -2.15. The Kier molecular flexibility index (Phi) is 4.15. The third-order valence-electron chi connectivity index (χ3n) is 2.56. The van der Waals surface area contributed by atoms with Crippen LogP contribution in [-0.2, 0) is 4.79 Å². The molecule has 0 atom stereocenters. The number of thiophene rings is 1. The quantitative estimate of drug-likeness (QED) is 0.607. The molecule has 0 radical (unpaired) electrons. The minimum Gasteiger partial charge on any atom is -0.485 e.